The van der Waals surface area contributed by atoms with Crippen molar-refractivity contribution < 1.29 is 57.1 Å². The van der Waals surface area contributed by atoms with Gasteiger partial charge in [-0.15, -0.1) is 21.5 Å². The summed E-state index contributed by atoms with van der Waals surface area (Å²) in [6.45, 7) is 10.9. The molecule has 0 saturated carbocycles. The van der Waals surface area contributed by atoms with Crippen molar-refractivity contribution in [3.63, 3.8) is 0 Å². The average molecular weight is 943 g/mol. The summed E-state index contributed by atoms with van der Waals surface area (Å²) in [5, 5.41) is 23.3. The molecule has 0 aliphatic heterocycles. The van der Waals surface area contributed by atoms with Gasteiger partial charge in [0.25, 0.3) is 11.8 Å². The molecule has 0 saturated heterocycles. The molecule has 2 amide bonds. The van der Waals surface area contributed by atoms with Gasteiger partial charge < -0.3 is 53.3 Å². The van der Waals surface area contributed by atoms with Gasteiger partial charge in [-0.25, -0.2) is 4.79 Å². The number of aromatic nitrogens is 2. The van der Waals surface area contributed by atoms with Crippen LogP contribution in [0.1, 0.15) is 74.0 Å². The molecule has 6 rings (SSSR count). The van der Waals surface area contributed by atoms with Crippen molar-refractivity contribution in [2.24, 2.45) is 5.41 Å². The van der Waals surface area contributed by atoms with Gasteiger partial charge in [0.15, 0.2) is 0 Å². The summed E-state index contributed by atoms with van der Waals surface area (Å²) in [5.41, 5.74) is 6.89. The SMILES string of the molecule is Cc1nnc(-c2ccc(CCc3ccc(NC(=O)c4c(NC(=O)c5cccc(COCCOCCOCCOCCOCCOCCOCC(=O)O)c5)sc5c4CCC(C)(C)C5)cc3)cc2)o1. The molecule has 0 unspecified atom stereocenters. The highest BCUT2D eigenvalue weighted by Crippen LogP contribution is 2.44. The third kappa shape index (κ3) is 17.3. The van der Waals surface area contributed by atoms with Gasteiger partial charge in [0.2, 0.25) is 11.8 Å². The van der Waals surface area contributed by atoms with E-state index < -0.39 is 5.97 Å². The highest BCUT2D eigenvalue weighted by molar-refractivity contribution is 7.17. The third-order valence-corrected chi connectivity index (χ3v) is 11.9. The molecule has 1 aliphatic carbocycles. The summed E-state index contributed by atoms with van der Waals surface area (Å²) in [4.78, 5) is 39.3. The lowest BCUT2D eigenvalue weighted by Crippen LogP contribution is -2.23. The summed E-state index contributed by atoms with van der Waals surface area (Å²) in [5.74, 6) is -0.490. The van der Waals surface area contributed by atoms with E-state index in [1.165, 1.54) is 16.9 Å². The Morgan fingerprint density at radius 3 is 1.82 bits per heavy atom. The van der Waals surface area contributed by atoms with E-state index in [0.29, 0.717) is 113 Å². The fourth-order valence-electron chi connectivity index (χ4n) is 7.24. The second kappa shape index (κ2) is 26.8. The number of amides is 2. The van der Waals surface area contributed by atoms with Crippen LogP contribution in [0.5, 0.6) is 0 Å². The molecule has 360 valence electrons. The summed E-state index contributed by atoms with van der Waals surface area (Å²) in [6, 6.07) is 23.4. The second-order valence-corrected chi connectivity index (χ2v) is 17.8. The number of aryl methyl sites for hydroxylation is 3. The minimum atomic E-state index is -1.01. The molecule has 0 bridgehead atoms. The molecule has 0 atom stereocenters. The van der Waals surface area contributed by atoms with E-state index >= 15 is 0 Å². The van der Waals surface area contributed by atoms with Gasteiger partial charge in [0, 0.05) is 28.6 Å². The van der Waals surface area contributed by atoms with Gasteiger partial charge in [-0.2, -0.15) is 0 Å². The Kier molecular flexibility index (Phi) is 20.4. The molecule has 0 radical (unpaired) electrons. The average Bonchev–Trinajstić information content (AvgIpc) is 3.91. The van der Waals surface area contributed by atoms with Crippen molar-refractivity contribution in [1.29, 1.82) is 0 Å². The number of thiophene rings is 1. The van der Waals surface area contributed by atoms with Crippen LogP contribution in [0.25, 0.3) is 11.5 Å². The topological polar surface area (TPSA) is 199 Å². The van der Waals surface area contributed by atoms with E-state index in [-0.39, 0.29) is 30.4 Å². The van der Waals surface area contributed by atoms with E-state index in [9.17, 15) is 14.4 Å². The summed E-state index contributed by atoms with van der Waals surface area (Å²) in [6.07, 6.45) is 4.24. The van der Waals surface area contributed by atoms with Crippen LogP contribution in [-0.2, 0) is 70.2 Å². The quantitative estimate of drug-likeness (QED) is 0.0380. The fraction of sp³-hybridized carbons (Fsp3) is 0.460. The first-order chi connectivity index (χ1) is 32.5. The Hall–Kier alpha value is -5.37. The molecule has 1 aliphatic rings. The van der Waals surface area contributed by atoms with Gasteiger partial charge in [0.1, 0.15) is 11.6 Å². The number of nitrogens with one attached hydrogen (secondary N) is 2. The van der Waals surface area contributed by atoms with Crippen LogP contribution >= 0.6 is 11.3 Å². The first-order valence-electron chi connectivity index (χ1n) is 22.6. The molecule has 16 nitrogen and oxygen atoms in total. The van der Waals surface area contributed by atoms with E-state index in [0.717, 1.165) is 59.2 Å². The molecular weight excluding hydrogens is 881 g/mol. The third-order valence-electron chi connectivity index (χ3n) is 10.8. The van der Waals surface area contributed by atoms with E-state index in [1.54, 1.807) is 13.0 Å². The maximum atomic E-state index is 14.1. The van der Waals surface area contributed by atoms with Gasteiger partial charge in [-0.3, -0.25) is 9.59 Å². The van der Waals surface area contributed by atoms with Crippen LogP contribution < -0.4 is 10.6 Å². The Morgan fingerprint density at radius 2 is 1.25 bits per heavy atom. The van der Waals surface area contributed by atoms with Gasteiger partial charge in [-0.1, -0.05) is 50.2 Å². The number of benzene rings is 3. The maximum absolute atomic E-state index is 14.1. The number of hydrogen-bond donors (Lipinski definition) is 3. The molecule has 0 spiro atoms. The maximum Gasteiger partial charge on any atom is 0.329 e. The molecule has 3 aromatic carbocycles. The highest BCUT2D eigenvalue weighted by Gasteiger charge is 2.33. The highest BCUT2D eigenvalue weighted by atomic mass is 32.1. The molecule has 3 N–H and O–H groups in total. The van der Waals surface area contributed by atoms with Gasteiger partial charge in [-0.05, 0) is 96.2 Å². The van der Waals surface area contributed by atoms with Crippen molar-refractivity contribution in [3.05, 3.63) is 117 Å². The normalized spacial score (nSPS) is 13.1. The first kappa shape index (κ1) is 51.0. The van der Waals surface area contributed by atoms with Crippen LogP contribution in [-0.4, -0.2) is 119 Å². The predicted molar refractivity (Wildman–Crippen MR) is 253 cm³/mol. The van der Waals surface area contributed by atoms with Gasteiger partial charge >= 0.3 is 5.97 Å². The molecule has 2 aromatic heterocycles. The van der Waals surface area contributed by atoms with Crippen molar-refractivity contribution in [1.82, 2.24) is 10.2 Å². The lowest BCUT2D eigenvalue weighted by molar-refractivity contribution is -0.142. The van der Waals surface area contributed by atoms with E-state index in [4.69, 9.17) is 42.7 Å². The van der Waals surface area contributed by atoms with Crippen molar-refractivity contribution >= 4 is 39.8 Å². The Morgan fingerprint density at radius 1 is 0.687 bits per heavy atom. The molecule has 17 heteroatoms. The van der Waals surface area contributed by atoms with E-state index in [1.807, 2.05) is 54.6 Å². The number of rotatable bonds is 30. The number of hydrogen-bond acceptors (Lipinski definition) is 14. The number of aliphatic carboxylic acids is 1. The van der Waals surface area contributed by atoms with Crippen LogP contribution in [0, 0.1) is 12.3 Å². The molecule has 2 heterocycles. The van der Waals surface area contributed by atoms with Crippen LogP contribution in [0.2, 0.25) is 0 Å². The first-order valence-corrected chi connectivity index (χ1v) is 23.5. The van der Waals surface area contributed by atoms with Crippen molar-refractivity contribution in [2.75, 3.05) is 96.5 Å². The summed E-state index contributed by atoms with van der Waals surface area (Å²) < 4.78 is 43.6. The number of carbonyl (C=O) groups excluding carboxylic acids is 2. The minimum absolute atomic E-state index is 0.0996. The zero-order chi connectivity index (χ0) is 47.3. The fourth-order valence-corrected chi connectivity index (χ4v) is 8.74. The van der Waals surface area contributed by atoms with Crippen LogP contribution in [0.3, 0.4) is 0 Å². The Labute approximate surface area is 395 Å². The number of ether oxygens (including phenoxy) is 7. The molecule has 5 aromatic rings. The molecule has 67 heavy (non-hydrogen) atoms. The predicted octanol–water partition coefficient (Wildman–Crippen LogP) is 7.61. The van der Waals surface area contributed by atoms with Crippen LogP contribution in [0.15, 0.2) is 77.2 Å². The Balaban J connectivity index is 0.882. The standard InChI is InChI=1S/C50H62N4O12S/c1-35-53-54-48(66-35)39-13-9-36(10-14-39)7-8-37-11-15-41(16-12-37)51-47(58)45-42-17-18-50(2,3)32-43(42)67-49(45)52-46(57)40-6-4-5-38(31-40)33-64-29-27-62-25-23-60-21-19-59-20-22-61-24-26-63-28-30-65-34-44(55)56/h4-6,9-16,31H,7-8,17-30,32-34H2,1-3H3,(H,51,58)(H,52,57)(H,55,56). The minimum Gasteiger partial charge on any atom is -0.480 e. The zero-order valence-electron chi connectivity index (χ0n) is 38.6. The summed E-state index contributed by atoms with van der Waals surface area (Å²) in [7, 11) is 0. The molecular formula is C50H62N4O12S. The smallest absolute Gasteiger partial charge is 0.329 e. The Bertz CT molecular complexity index is 2310. The number of nitrogens with zero attached hydrogens (tertiary/aromatic N) is 2. The number of carboxylic acids is 1. The number of fused-ring (bicyclic) bond motifs is 1. The summed E-state index contributed by atoms with van der Waals surface area (Å²) >= 11 is 1.49. The van der Waals surface area contributed by atoms with E-state index in [2.05, 4.69) is 46.8 Å². The second-order valence-electron chi connectivity index (χ2n) is 16.7. The number of anilines is 2. The lowest BCUT2D eigenvalue weighted by atomic mass is 9.77. The van der Waals surface area contributed by atoms with Crippen molar-refractivity contribution in [3.8, 4) is 11.5 Å². The molecule has 0 fully saturated rings. The monoisotopic (exact) mass is 942 g/mol. The number of carbonyl (C=O) groups is 3. The lowest BCUT2D eigenvalue weighted by Gasteiger charge is -2.29. The van der Waals surface area contributed by atoms with Gasteiger partial charge in [0.05, 0.1) is 91.5 Å². The number of carboxylic acid groups (broad SMARTS) is 1. The largest absolute Gasteiger partial charge is 0.480 e. The van der Waals surface area contributed by atoms with Crippen LogP contribution in [0.4, 0.5) is 10.7 Å². The van der Waals surface area contributed by atoms with Crippen molar-refractivity contribution in [2.45, 2.75) is 59.5 Å². The zero-order valence-corrected chi connectivity index (χ0v) is 39.4.